The third-order valence-electron chi connectivity index (χ3n) is 4.55. The van der Waals surface area contributed by atoms with Gasteiger partial charge in [0.25, 0.3) is 5.91 Å². The predicted octanol–water partition coefficient (Wildman–Crippen LogP) is 3.59. The fourth-order valence-electron chi connectivity index (χ4n) is 3.32. The van der Waals surface area contributed by atoms with E-state index < -0.39 is 12.1 Å². The minimum Gasteiger partial charge on any atom is -0.482 e. The largest absolute Gasteiger partial charge is 0.482 e. The van der Waals surface area contributed by atoms with E-state index in [4.69, 9.17) is 9.47 Å². The average Bonchev–Trinajstić information content (AvgIpc) is 3.19. The van der Waals surface area contributed by atoms with E-state index in [2.05, 4.69) is 0 Å². The molecule has 1 saturated heterocycles. The highest BCUT2D eigenvalue weighted by molar-refractivity contribution is 5.85. The molecule has 0 saturated carbocycles. The maximum absolute atomic E-state index is 12.9. The molecule has 1 aliphatic rings. The average molecular weight is 367 g/mol. The van der Waals surface area contributed by atoms with E-state index in [9.17, 15) is 9.59 Å². The molecule has 0 radical (unpaired) electrons. The van der Waals surface area contributed by atoms with Crippen molar-refractivity contribution in [3.8, 4) is 5.75 Å². The van der Waals surface area contributed by atoms with Gasteiger partial charge in [-0.15, -0.1) is 0 Å². The third-order valence-corrected chi connectivity index (χ3v) is 4.55. The number of nitrogens with zero attached hydrogens (tertiary/aromatic N) is 1. The van der Waals surface area contributed by atoms with E-state index in [1.54, 1.807) is 17.0 Å². The van der Waals surface area contributed by atoms with Crippen LogP contribution in [0.2, 0.25) is 0 Å². The van der Waals surface area contributed by atoms with E-state index >= 15 is 0 Å². The van der Waals surface area contributed by atoms with Gasteiger partial charge >= 0.3 is 5.97 Å². The van der Waals surface area contributed by atoms with E-state index in [0.29, 0.717) is 24.4 Å². The lowest BCUT2D eigenvalue weighted by atomic mass is 10.1. The number of rotatable bonds is 6. The van der Waals surface area contributed by atoms with Crippen LogP contribution in [-0.4, -0.2) is 36.5 Å². The topological polar surface area (TPSA) is 55.8 Å². The molecule has 5 nitrogen and oxygen atoms in total. The van der Waals surface area contributed by atoms with Crippen LogP contribution in [0.15, 0.2) is 48.5 Å². The molecule has 0 N–H and O–H groups in total. The Bertz CT molecular complexity index is 777. The third kappa shape index (κ3) is 5.09. The van der Waals surface area contributed by atoms with Crippen LogP contribution < -0.4 is 4.74 Å². The van der Waals surface area contributed by atoms with Gasteiger partial charge in [0.05, 0.1) is 0 Å². The first-order valence-electron chi connectivity index (χ1n) is 9.27. The van der Waals surface area contributed by atoms with Crippen LogP contribution in [0.1, 0.15) is 35.6 Å². The van der Waals surface area contributed by atoms with Gasteiger partial charge in [0.1, 0.15) is 5.75 Å². The number of benzene rings is 2. The molecule has 0 unspecified atom stereocenters. The molecule has 2 aromatic carbocycles. The van der Waals surface area contributed by atoms with E-state index in [1.807, 2.05) is 50.2 Å². The zero-order chi connectivity index (χ0) is 19.2. The molecule has 2 aromatic rings. The van der Waals surface area contributed by atoms with Crippen LogP contribution in [0.25, 0.3) is 0 Å². The van der Waals surface area contributed by atoms with Gasteiger partial charge in [-0.25, -0.2) is 4.79 Å². The monoisotopic (exact) mass is 367 g/mol. The molecule has 0 bridgehead atoms. The van der Waals surface area contributed by atoms with Crippen molar-refractivity contribution in [1.82, 2.24) is 4.90 Å². The molecule has 1 atom stereocenters. The number of esters is 1. The molecule has 0 spiro atoms. The lowest BCUT2D eigenvalue weighted by Gasteiger charge is -2.23. The lowest BCUT2D eigenvalue weighted by Crippen LogP contribution is -2.35. The molecular weight excluding hydrogens is 342 g/mol. The molecule has 1 heterocycles. The maximum Gasteiger partial charge on any atom is 0.345 e. The number of amides is 1. The van der Waals surface area contributed by atoms with Crippen LogP contribution in [-0.2, 0) is 14.3 Å². The molecule has 27 heavy (non-hydrogen) atoms. The second-order valence-electron chi connectivity index (χ2n) is 6.93. The molecule has 5 heteroatoms. The van der Waals surface area contributed by atoms with Crippen LogP contribution in [0, 0.1) is 13.8 Å². The summed E-state index contributed by atoms with van der Waals surface area (Å²) in [6, 6.07) is 14.9. The first-order valence-corrected chi connectivity index (χ1v) is 9.27. The first-order chi connectivity index (χ1) is 13.0. The summed E-state index contributed by atoms with van der Waals surface area (Å²) >= 11 is 0. The second-order valence-corrected chi connectivity index (χ2v) is 6.93. The van der Waals surface area contributed by atoms with Gasteiger partial charge in [0.15, 0.2) is 6.61 Å². The van der Waals surface area contributed by atoms with Crippen molar-refractivity contribution in [3.63, 3.8) is 0 Å². The molecule has 3 rings (SSSR count). The summed E-state index contributed by atoms with van der Waals surface area (Å²) in [7, 11) is 0. The molecular formula is C22H25NO4. The van der Waals surface area contributed by atoms with Crippen LogP contribution in [0.3, 0.4) is 0 Å². The summed E-state index contributed by atoms with van der Waals surface area (Å²) in [6.07, 6.45) is 1.04. The molecule has 1 amide bonds. The van der Waals surface area contributed by atoms with Gasteiger partial charge < -0.3 is 14.4 Å². The van der Waals surface area contributed by atoms with Crippen LogP contribution in [0.4, 0.5) is 0 Å². The standard InChI is InChI=1S/C22H25NO4/c1-16-12-17(2)14-19(13-16)26-15-20(24)27-21(18-8-4-3-5-9-18)22(25)23-10-6-7-11-23/h3-5,8-9,12-14,21H,6-7,10-11,15H2,1-2H3/t21-/m0/s1. The number of carbonyl (C=O) groups is 2. The number of hydrogen-bond donors (Lipinski definition) is 0. The van der Waals surface area contributed by atoms with Gasteiger partial charge in [-0.1, -0.05) is 36.4 Å². The van der Waals surface area contributed by atoms with Crippen LogP contribution in [0.5, 0.6) is 5.75 Å². The maximum atomic E-state index is 12.9. The van der Waals surface area contributed by atoms with Crippen molar-refractivity contribution in [2.45, 2.75) is 32.8 Å². The Balaban J connectivity index is 1.67. The number of ether oxygens (including phenoxy) is 2. The summed E-state index contributed by atoms with van der Waals surface area (Å²) in [5, 5.41) is 0. The van der Waals surface area contributed by atoms with Gasteiger partial charge in [-0.05, 0) is 49.9 Å². The number of hydrogen-bond acceptors (Lipinski definition) is 4. The summed E-state index contributed by atoms with van der Waals surface area (Å²) in [6.45, 7) is 5.12. The highest BCUT2D eigenvalue weighted by Crippen LogP contribution is 2.23. The molecule has 1 aliphatic heterocycles. The second kappa shape index (κ2) is 8.71. The Hall–Kier alpha value is -2.82. The number of carbonyl (C=O) groups excluding carboxylic acids is 2. The minimum atomic E-state index is -0.931. The smallest absolute Gasteiger partial charge is 0.345 e. The Kier molecular flexibility index (Phi) is 6.12. The zero-order valence-corrected chi connectivity index (χ0v) is 15.8. The molecule has 142 valence electrons. The fourth-order valence-corrected chi connectivity index (χ4v) is 3.32. The highest BCUT2D eigenvalue weighted by Gasteiger charge is 2.31. The van der Waals surface area contributed by atoms with Gasteiger partial charge in [-0.3, -0.25) is 4.79 Å². The number of aryl methyl sites for hydroxylation is 2. The van der Waals surface area contributed by atoms with E-state index in [-0.39, 0.29) is 12.5 Å². The number of likely N-dealkylation sites (tertiary alicyclic amines) is 1. The van der Waals surface area contributed by atoms with Crippen molar-refractivity contribution in [2.24, 2.45) is 0 Å². The quantitative estimate of drug-likeness (QED) is 0.732. The summed E-state index contributed by atoms with van der Waals surface area (Å²) < 4.78 is 11.1. The first kappa shape index (κ1) is 19.0. The van der Waals surface area contributed by atoms with E-state index in [1.165, 1.54) is 0 Å². The SMILES string of the molecule is Cc1cc(C)cc(OCC(=O)O[C@H](C(=O)N2CCCC2)c2ccccc2)c1. The Morgan fingerprint density at radius 3 is 2.26 bits per heavy atom. The van der Waals surface area contributed by atoms with Gasteiger partial charge in [0.2, 0.25) is 6.10 Å². The lowest BCUT2D eigenvalue weighted by molar-refractivity contribution is -0.162. The molecule has 1 fully saturated rings. The van der Waals surface area contributed by atoms with Gasteiger partial charge in [-0.2, -0.15) is 0 Å². The molecule has 0 aromatic heterocycles. The Morgan fingerprint density at radius 1 is 1.00 bits per heavy atom. The van der Waals surface area contributed by atoms with E-state index in [0.717, 1.165) is 24.0 Å². The van der Waals surface area contributed by atoms with Crippen molar-refractivity contribution < 1.29 is 19.1 Å². The Labute approximate surface area is 159 Å². The van der Waals surface area contributed by atoms with Crippen LogP contribution >= 0.6 is 0 Å². The van der Waals surface area contributed by atoms with Crippen molar-refractivity contribution in [2.75, 3.05) is 19.7 Å². The van der Waals surface area contributed by atoms with Crippen molar-refractivity contribution in [3.05, 3.63) is 65.2 Å². The molecule has 0 aliphatic carbocycles. The van der Waals surface area contributed by atoms with Crippen molar-refractivity contribution in [1.29, 1.82) is 0 Å². The minimum absolute atomic E-state index is 0.168. The normalized spacial score (nSPS) is 14.7. The van der Waals surface area contributed by atoms with Crippen molar-refractivity contribution >= 4 is 11.9 Å². The summed E-state index contributed by atoms with van der Waals surface area (Å²) in [4.78, 5) is 27.0. The predicted molar refractivity (Wildman–Crippen MR) is 103 cm³/mol. The van der Waals surface area contributed by atoms with Gasteiger partial charge in [0, 0.05) is 18.7 Å². The summed E-state index contributed by atoms with van der Waals surface area (Å²) in [5.74, 6) is -0.111. The zero-order valence-electron chi connectivity index (χ0n) is 15.8. The summed E-state index contributed by atoms with van der Waals surface area (Å²) in [5.41, 5.74) is 2.80. The highest BCUT2D eigenvalue weighted by atomic mass is 16.6. The fraction of sp³-hybridized carbons (Fsp3) is 0.364. The Morgan fingerprint density at radius 2 is 1.63 bits per heavy atom.